The summed E-state index contributed by atoms with van der Waals surface area (Å²) in [6.07, 6.45) is 6.41. The van der Waals surface area contributed by atoms with E-state index in [1.807, 2.05) is 13.0 Å². The molecular formula is C21H30N4O3. The van der Waals surface area contributed by atoms with Crippen LogP contribution in [0, 0.1) is 12.8 Å². The van der Waals surface area contributed by atoms with E-state index in [1.54, 1.807) is 13.3 Å². The van der Waals surface area contributed by atoms with Gasteiger partial charge in [0.25, 0.3) is 0 Å². The van der Waals surface area contributed by atoms with Gasteiger partial charge in [-0.25, -0.2) is 9.97 Å². The Morgan fingerprint density at radius 3 is 2.89 bits per heavy atom. The molecule has 0 spiro atoms. The van der Waals surface area contributed by atoms with Crippen LogP contribution in [0.4, 0.5) is 0 Å². The Labute approximate surface area is 166 Å². The molecule has 2 aromatic heterocycles. The number of hydrogen-bond donors (Lipinski definition) is 1. The van der Waals surface area contributed by atoms with Gasteiger partial charge in [-0.3, -0.25) is 4.79 Å². The van der Waals surface area contributed by atoms with Crippen molar-refractivity contribution in [2.45, 2.75) is 64.9 Å². The number of nitrogens with zero attached hydrogens (tertiary/aromatic N) is 3. The highest BCUT2D eigenvalue weighted by Crippen LogP contribution is 2.27. The van der Waals surface area contributed by atoms with Crippen molar-refractivity contribution in [2.75, 3.05) is 13.7 Å². The summed E-state index contributed by atoms with van der Waals surface area (Å²) >= 11 is 0. The molecule has 1 aliphatic rings. The molecule has 0 aromatic carbocycles. The highest BCUT2D eigenvalue weighted by molar-refractivity contribution is 5.78. The number of amides is 1. The molecule has 0 unspecified atom stereocenters. The van der Waals surface area contributed by atoms with Crippen LogP contribution in [-0.2, 0) is 16.0 Å². The predicted octanol–water partition coefficient (Wildman–Crippen LogP) is 3.43. The number of methoxy groups -OCH3 is 1. The first-order valence-corrected chi connectivity index (χ1v) is 10.1. The van der Waals surface area contributed by atoms with Crippen LogP contribution >= 0.6 is 0 Å². The van der Waals surface area contributed by atoms with E-state index in [9.17, 15) is 4.79 Å². The quantitative estimate of drug-likeness (QED) is 0.784. The summed E-state index contributed by atoms with van der Waals surface area (Å²) in [5.74, 6) is 1.82. The Morgan fingerprint density at radius 1 is 1.39 bits per heavy atom. The lowest BCUT2D eigenvalue weighted by atomic mass is 9.86. The molecule has 152 valence electrons. The fourth-order valence-corrected chi connectivity index (χ4v) is 3.64. The van der Waals surface area contributed by atoms with Crippen LogP contribution in [0.25, 0.3) is 11.3 Å². The fraction of sp³-hybridized carbons (Fsp3) is 0.619. The maximum Gasteiger partial charge on any atom is 0.223 e. The lowest BCUT2D eigenvalue weighted by molar-refractivity contribution is -0.127. The minimum Gasteiger partial charge on any atom is -0.381 e. The Bertz CT molecular complexity index is 803. The first kappa shape index (κ1) is 20.5. The molecule has 0 radical (unpaired) electrons. The molecule has 1 aliphatic carbocycles. The molecule has 7 heteroatoms. The van der Waals surface area contributed by atoms with Crippen molar-refractivity contribution in [1.82, 2.24) is 20.4 Å². The number of ether oxygens (including phenoxy) is 1. The molecule has 0 aliphatic heterocycles. The normalized spacial score (nSPS) is 19.8. The minimum atomic E-state index is 0.0340. The Kier molecular flexibility index (Phi) is 6.78. The lowest BCUT2D eigenvalue weighted by Gasteiger charge is -2.27. The van der Waals surface area contributed by atoms with E-state index in [1.165, 1.54) is 0 Å². The zero-order valence-electron chi connectivity index (χ0n) is 17.2. The van der Waals surface area contributed by atoms with Crippen molar-refractivity contribution in [1.29, 1.82) is 0 Å². The van der Waals surface area contributed by atoms with Crippen LogP contribution in [0.3, 0.4) is 0 Å². The van der Waals surface area contributed by atoms with E-state index in [0.717, 1.165) is 48.5 Å². The Morgan fingerprint density at radius 2 is 2.21 bits per heavy atom. The van der Waals surface area contributed by atoms with Gasteiger partial charge in [-0.05, 0) is 26.2 Å². The van der Waals surface area contributed by atoms with Crippen LogP contribution in [0.15, 0.2) is 16.8 Å². The summed E-state index contributed by atoms with van der Waals surface area (Å²) in [6.45, 7) is 6.54. The summed E-state index contributed by atoms with van der Waals surface area (Å²) in [4.78, 5) is 21.7. The predicted molar refractivity (Wildman–Crippen MR) is 106 cm³/mol. The zero-order valence-corrected chi connectivity index (χ0v) is 17.2. The average molecular weight is 386 g/mol. The first-order chi connectivity index (χ1) is 13.5. The van der Waals surface area contributed by atoms with Crippen molar-refractivity contribution < 1.29 is 14.1 Å². The minimum absolute atomic E-state index is 0.0340. The number of aromatic nitrogens is 3. The third-order valence-electron chi connectivity index (χ3n) is 5.29. The second-order valence-electron chi connectivity index (χ2n) is 7.84. The van der Waals surface area contributed by atoms with Gasteiger partial charge in [-0.1, -0.05) is 25.4 Å². The Balaban J connectivity index is 1.67. The molecule has 2 aromatic rings. The highest BCUT2D eigenvalue weighted by Gasteiger charge is 2.27. The van der Waals surface area contributed by atoms with Crippen molar-refractivity contribution >= 4 is 5.91 Å². The second kappa shape index (κ2) is 9.28. The maximum atomic E-state index is 12.6. The molecule has 0 saturated heterocycles. The second-order valence-corrected chi connectivity index (χ2v) is 7.84. The number of rotatable bonds is 7. The van der Waals surface area contributed by atoms with E-state index in [4.69, 9.17) is 14.2 Å². The van der Waals surface area contributed by atoms with Crippen molar-refractivity contribution in [3.05, 3.63) is 29.5 Å². The Hall–Kier alpha value is -2.28. The summed E-state index contributed by atoms with van der Waals surface area (Å²) in [7, 11) is 1.72. The van der Waals surface area contributed by atoms with Crippen LogP contribution in [0.2, 0.25) is 0 Å². The molecule has 1 fully saturated rings. The van der Waals surface area contributed by atoms with Gasteiger partial charge in [0.05, 0.1) is 23.1 Å². The largest absolute Gasteiger partial charge is 0.381 e. The summed E-state index contributed by atoms with van der Waals surface area (Å²) in [5.41, 5.74) is 2.51. The smallest absolute Gasteiger partial charge is 0.223 e. The molecule has 1 N–H and O–H groups in total. The van der Waals surface area contributed by atoms with Crippen molar-refractivity contribution in [2.24, 2.45) is 5.92 Å². The van der Waals surface area contributed by atoms with E-state index in [-0.39, 0.29) is 23.8 Å². The molecule has 3 rings (SSSR count). The summed E-state index contributed by atoms with van der Waals surface area (Å²) in [6, 6.07) is 1.88. The molecular weight excluding hydrogens is 356 g/mol. The monoisotopic (exact) mass is 386 g/mol. The van der Waals surface area contributed by atoms with Gasteiger partial charge < -0.3 is 14.6 Å². The van der Waals surface area contributed by atoms with Crippen molar-refractivity contribution in [3.63, 3.8) is 0 Å². The van der Waals surface area contributed by atoms with Gasteiger partial charge in [0.15, 0.2) is 5.76 Å². The molecule has 2 atom stereocenters. The number of aryl methyl sites for hydroxylation is 1. The SMILES string of the molecule is CO[C@@H]1CCC[C@@H](C(=O)NCCc2nc(C(C)C)ncc2-c2cc(C)no2)C1. The molecule has 28 heavy (non-hydrogen) atoms. The molecule has 7 nitrogen and oxygen atoms in total. The fourth-order valence-electron chi connectivity index (χ4n) is 3.64. The molecule has 1 amide bonds. The van der Waals surface area contributed by atoms with Crippen molar-refractivity contribution in [3.8, 4) is 11.3 Å². The van der Waals surface area contributed by atoms with E-state index in [0.29, 0.717) is 18.7 Å². The zero-order chi connectivity index (χ0) is 20.1. The molecule has 1 saturated carbocycles. The van der Waals surface area contributed by atoms with Crippen LogP contribution < -0.4 is 5.32 Å². The standard InChI is InChI=1S/C21H30N4O3/c1-13(2)20-23-12-17(19-10-14(3)25-28-19)18(24-20)8-9-22-21(26)15-6-5-7-16(11-15)27-4/h10,12-13,15-16H,5-9,11H2,1-4H3,(H,22,26)/t15-,16-/m1/s1. The topological polar surface area (TPSA) is 90.1 Å². The van der Waals surface area contributed by atoms with Gasteiger partial charge in [0.2, 0.25) is 5.91 Å². The maximum absolute atomic E-state index is 12.6. The van der Waals surface area contributed by atoms with Crippen LogP contribution in [0.5, 0.6) is 0 Å². The first-order valence-electron chi connectivity index (χ1n) is 10.1. The average Bonchev–Trinajstić information content (AvgIpc) is 3.13. The summed E-state index contributed by atoms with van der Waals surface area (Å²) < 4.78 is 10.8. The lowest BCUT2D eigenvalue weighted by Crippen LogP contribution is -2.36. The van der Waals surface area contributed by atoms with Gasteiger partial charge in [-0.15, -0.1) is 0 Å². The third-order valence-corrected chi connectivity index (χ3v) is 5.29. The van der Waals surface area contributed by atoms with Crippen LogP contribution in [-0.4, -0.2) is 40.8 Å². The molecule has 0 bridgehead atoms. The third kappa shape index (κ3) is 4.95. The van der Waals surface area contributed by atoms with Gasteiger partial charge in [0, 0.05) is 44.2 Å². The summed E-state index contributed by atoms with van der Waals surface area (Å²) in [5, 5.41) is 7.04. The van der Waals surface area contributed by atoms with Gasteiger partial charge in [-0.2, -0.15) is 0 Å². The number of hydrogen-bond acceptors (Lipinski definition) is 6. The van der Waals surface area contributed by atoms with E-state index in [2.05, 4.69) is 29.3 Å². The van der Waals surface area contributed by atoms with E-state index >= 15 is 0 Å². The number of carbonyl (C=O) groups excluding carboxylic acids is 1. The molecule has 2 heterocycles. The van der Waals surface area contributed by atoms with Crippen LogP contribution in [0.1, 0.15) is 62.7 Å². The van der Waals surface area contributed by atoms with Gasteiger partial charge >= 0.3 is 0 Å². The van der Waals surface area contributed by atoms with Gasteiger partial charge in [0.1, 0.15) is 5.82 Å². The number of nitrogens with one attached hydrogen (secondary N) is 1. The highest BCUT2D eigenvalue weighted by atomic mass is 16.5. The number of carbonyl (C=O) groups is 1. The van der Waals surface area contributed by atoms with E-state index < -0.39 is 0 Å².